The summed E-state index contributed by atoms with van der Waals surface area (Å²) >= 11 is 0. The van der Waals surface area contributed by atoms with Crippen LogP contribution < -0.4 is 5.32 Å². The zero-order valence-electron chi connectivity index (χ0n) is 13.1. The highest BCUT2D eigenvalue weighted by Gasteiger charge is 2.45. The van der Waals surface area contributed by atoms with Gasteiger partial charge in [0.2, 0.25) is 0 Å². The van der Waals surface area contributed by atoms with Gasteiger partial charge in [0.1, 0.15) is 0 Å². The molecule has 0 aromatic heterocycles. The van der Waals surface area contributed by atoms with E-state index in [1.165, 1.54) is 0 Å². The molecule has 0 unspecified atom stereocenters. The first-order chi connectivity index (χ1) is 10.2. The second kappa shape index (κ2) is 6.29. The number of sulfone groups is 2. The second-order valence-corrected chi connectivity index (χ2v) is 10.4. The van der Waals surface area contributed by atoms with Crippen molar-refractivity contribution in [2.24, 2.45) is 0 Å². The van der Waals surface area contributed by atoms with E-state index in [1.54, 1.807) is 24.3 Å². The summed E-state index contributed by atoms with van der Waals surface area (Å²) in [7, 11) is -7.01. The molecule has 124 valence electrons. The van der Waals surface area contributed by atoms with Gasteiger partial charge in [0.15, 0.2) is 19.7 Å². The molecule has 2 atom stereocenters. The topological polar surface area (TPSA) is 80.3 Å². The van der Waals surface area contributed by atoms with Gasteiger partial charge in [0, 0.05) is 12.1 Å². The highest BCUT2D eigenvalue weighted by Crippen LogP contribution is 2.26. The van der Waals surface area contributed by atoms with Gasteiger partial charge in [-0.2, -0.15) is 0 Å². The van der Waals surface area contributed by atoms with Crippen molar-refractivity contribution < 1.29 is 16.8 Å². The van der Waals surface area contributed by atoms with Crippen molar-refractivity contribution in [1.29, 1.82) is 0 Å². The monoisotopic (exact) mass is 345 g/mol. The minimum Gasteiger partial charge on any atom is -0.309 e. The Balaban J connectivity index is 2.36. The van der Waals surface area contributed by atoms with E-state index in [1.807, 2.05) is 20.8 Å². The summed E-state index contributed by atoms with van der Waals surface area (Å²) < 4.78 is 49.4. The Kier molecular flexibility index (Phi) is 4.99. The van der Waals surface area contributed by atoms with Crippen LogP contribution >= 0.6 is 0 Å². The van der Waals surface area contributed by atoms with E-state index in [0.717, 1.165) is 12.0 Å². The van der Waals surface area contributed by atoms with Gasteiger partial charge in [-0.1, -0.05) is 32.9 Å². The van der Waals surface area contributed by atoms with Gasteiger partial charge in [-0.3, -0.25) is 0 Å². The fraction of sp³-hybridized carbons (Fsp3) is 0.600. The van der Waals surface area contributed by atoms with Gasteiger partial charge in [0.05, 0.1) is 21.7 Å². The predicted octanol–water partition coefficient (Wildman–Crippen LogP) is 1.19. The van der Waals surface area contributed by atoms with Crippen LogP contribution in [0.15, 0.2) is 29.2 Å². The molecular weight excluding hydrogens is 322 g/mol. The normalized spacial score (nSPS) is 24.7. The standard InChI is InChI=1S/C15H23NO4S2/c1-4-12-5-7-13(8-6-12)22(19,20)15-10-21(17,18)9-14(15)16-11(2)3/h5-8,11,14-16H,4,9-10H2,1-3H3/t14-,15-/m0/s1. The van der Waals surface area contributed by atoms with Crippen molar-refractivity contribution >= 4 is 19.7 Å². The number of nitrogens with one attached hydrogen (secondary N) is 1. The Bertz CT molecular complexity index is 721. The second-order valence-electron chi connectivity index (χ2n) is 6.09. The van der Waals surface area contributed by atoms with Crippen LogP contribution in [0, 0.1) is 0 Å². The fourth-order valence-electron chi connectivity index (χ4n) is 2.79. The van der Waals surface area contributed by atoms with Gasteiger partial charge >= 0.3 is 0 Å². The van der Waals surface area contributed by atoms with Crippen molar-refractivity contribution in [3.8, 4) is 0 Å². The van der Waals surface area contributed by atoms with Crippen LogP contribution in [0.4, 0.5) is 0 Å². The third-order valence-electron chi connectivity index (χ3n) is 3.91. The largest absolute Gasteiger partial charge is 0.309 e. The molecule has 7 heteroatoms. The third-order valence-corrected chi connectivity index (χ3v) is 8.07. The van der Waals surface area contributed by atoms with Crippen molar-refractivity contribution in [1.82, 2.24) is 5.32 Å². The number of aryl methyl sites for hydroxylation is 1. The predicted molar refractivity (Wildman–Crippen MR) is 87.5 cm³/mol. The SMILES string of the molecule is CCc1ccc(S(=O)(=O)[C@H]2CS(=O)(=O)C[C@@H]2NC(C)C)cc1. The minimum atomic E-state index is -3.67. The van der Waals surface area contributed by atoms with E-state index in [9.17, 15) is 16.8 Å². The number of hydrogen-bond donors (Lipinski definition) is 1. The molecular formula is C15H23NO4S2. The molecule has 2 rings (SSSR count). The highest BCUT2D eigenvalue weighted by atomic mass is 32.2. The molecule has 1 aromatic carbocycles. The molecule has 5 nitrogen and oxygen atoms in total. The molecule has 0 aliphatic carbocycles. The quantitative estimate of drug-likeness (QED) is 0.867. The summed E-state index contributed by atoms with van der Waals surface area (Å²) in [5.74, 6) is -0.433. The van der Waals surface area contributed by atoms with Gasteiger partial charge < -0.3 is 5.32 Å². The lowest BCUT2D eigenvalue weighted by Crippen LogP contribution is -2.46. The Morgan fingerprint density at radius 1 is 1.18 bits per heavy atom. The molecule has 1 heterocycles. The fourth-order valence-corrected chi connectivity index (χ4v) is 7.47. The van der Waals surface area contributed by atoms with Crippen LogP contribution in [0.5, 0.6) is 0 Å². The maximum atomic E-state index is 12.8. The summed E-state index contributed by atoms with van der Waals surface area (Å²) in [6.45, 7) is 5.75. The molecule has 0 amide bonds. The number of hydrogen-bond acceptors (Lipinski definition) is 5. The first-order valence-electron chi connectivity index (χ1n) is 7.45. The lowest BCUT2D eigenvalue weighted by molar-refractivity contribution is 0.484. The summed E-state index contributed by atoms with van der Waals surface area (Å²) in [6.07, 6.45) is 0.829. The molecule has 1 fully saturated rings. The lowest BCUT2D eigenvalue weighted by atomic mass is 10.2. The van der Waals surface area contributed by atoms with Crippen molar-refractivity contribution in [3.63, 3.8) is 0 Å². The Hall–Kier alpha value is -0.920. The van der Waals surface area contributed by atoms with Gasteiger partial charge in [-0.05, 0) is 24.1 Å². The van der Waals surface area contributed by atoms with Crippen molar-refractivity contribution in [2.45, 2.75) is 49.4 Å². The van der Waals surface area contributed by atoms with Crippen molar-refractivity contribution in [3.05, 3.63) is 29.8 Å². The van der Waals surface area contributed by atoms with Crippen LogP contribution in [0.1, 0.15) is 26.3 Å². The molecule has 0 spiro atoms. The van der Waals surface area contributed by atoms with Gasteiger partial charge in [-0.25, -0.2) is 16.8 Å². The number of rotatable bonds is 5. The summed E-state index contributed by atoms with van der Waals surface area (Å²) in [4.78, 5) is 0.197. The zero-order valence-corrected chi connectivity index (χ0v) is 14.7. The molecule has 1 N–H and O–H groups in total. The summed E-state index contributed by atoms with van der Waals surface area (Å²) in [5.41, 5.74) is 1.05. The van der Waals surface area contributed by atoms with Crippen LogP contribution in [0.3, 0.4) is 0 Å². The Labute approximate surface area is 133 Å². The molecule has 1 aliphatic heterocycles. The first-order valence-corrected chi connectivity index (χ1v) is 10.8. The summed E-state index contributed by atoms with van der Waals surface area (Å²) in [6, 6.07) is 6.18. The smallest absolute Gasteiger partial charge is 0.183 e. The molecule has 0 bridgehead atoms. The van der Waals surface area contributed by atoms with Gasteiger partial charge in [0.25, 0.3) is 0 Å². The average molecular weight is 345 g/mol. The molecule has 22 heavy (non-hydrogen) atoms. The maximum absolute atomic E-state index is 12.8. The van der Waals surface area contributed by atoms with E-state index in [0.29, 0.717) is 0 Å². The van der Waals surface area contributed by atoms with Crippen molar-refractivity contribution in [2.75, 3.05) is 11.5 Å². The third kappa shape index (κ3) is 3.70. The van der Waals surface area contributed by atoms with Crippen LogP contribution in [0.2, 0.25) is 0 Å². The number of benzene rings is 1. The molecule has 0 radical (unpaired) electrons. The first kappa shape index (κ1) is 17.4. The lowest BCUT2D eigenvalue weighted by Gasteiger charge is -2.22. The molecule has 1 aromatic rings. The Morgan fingerprint density at radius 2 is 1.77 bits per heavy atom. The summed E-state index contributed by atoms with van der Waals surface area (Å²) in [5, 5.41) is 2.16. The van der Waals surface area contributed by atoms with E-state index < -0.39 is 31.0 Å². The average Bonchev–Trinajstić information content (AvgIpc) is 2.73. The van der Waals surface area contributed by atoms with Crippen LogP contribution in [-0.2, 0) is 26.1 Å². The molecule has 0 saturated carbocycles. The van der Waals surface area contributed by atoms with Crippen LogP contribution in [0.25, 0.3) is 0 Å². The van der Waals surface area contributed by atoms with E-state index in [4.69, 9.17) is 0 Å². The highest BCUT2D eigenvalue weighted by molar-refractivity contribution is 7.96. The Morgan fingerprint density at radius 3 is 2.27 bits per heavy atom. The van der Waals surface area contributed by atoms with E-state index in [-0.39, 0.29) is 22.4 Å². The van der Waals surface area contributed by atoms with E-state index >= 15 is 0 Å². The maximum Gasteiger partial charge on any atom is 0.183 e. The molecule has 1 saturated heterocycles. The van der Waals surface area contributed by atoms with Crippen LogP contribution in [-0.4, -0.2) is 45.7 Å². The molecule has 1 aliphatic rings. The zero-order chi connectivity index (χ0) is 16.5. The minimum absolute atomic E-state index is 0.0264. The van der Waals surface area contributed by atoms with Gasteiger partial charge in [-0.15, -0.1) is 0 Å². The van der Waals surface area contributed by atoms with E-state index in [2.05, 4.69) is 5.32 Å².